The van der Waals surface area contributed by atoms with Crippen LogP contribution in [0.4, 0.5) is 0 Å². The molecule has 1 atom stereocenters. The summed E-state index contributed by atoms with van der Waals surface area (Å²) in [5.74, 6) is 0. The Morgan fingerprint density at radius 3 is 2.69 bits per heavy atom. The van der Waals surface area contributed by atoms with E-state index in [0.717, 1.165) is 24.0 Å². The van der Waals surface area contributed by atoms with Crippen LogP contribution >= 0.6 is 27.3 Å². The van der Waals surface area contributed by atoms with Crippen LogP contribution in [0.5, 0.6) is 0 Å². The lowest BCUT2D eigenvalue weighted by molar-refractivity contribution is 0.0933. The number of halogens is 1. The molecule has 92 valence electrons. The van der Waals surface area contributed by atoms with Crippen LogP contribution in [0.25, 0.3) is 0 Å². The lowest BCUT2D eigenvalue weighted by Gasteiger charge is -2.30. The number of aliphatic hydroxyl groups excluding tert-OH is 1. The molecule has 0 amide bonds. The molecule has 4 heteroatoms. The molecule has 0 spiro atoms. The van der Waals surface area contributed by atoms with Gasteiger partial charge in [0, 0.05) is 39.8 Å². The van der Waals surface area contributed by atoms with Crippen molar-refractivity contribution in [2.45, 2.75) is 26.8 Å². The maximum absolute atomic E-state index is 9.37. The number of thiophene rings is 1. The molecule has 16 heavy (non-hydrogen) atoms. The molecule has 0 saturated heterocycles. The topological polar surface area (TPSA) is 23.5 Å². The van der Waals surface area contributed by atoms with E-state index in [4.69, 9.17) is 0 Å². The number of hydrogen-bond donors (Lipinski definition) is 1. The average molecular weight is 306 g/mol. The van der Waals surface area contributed by atoms with Gasteiger partial charge in [-0.2, -0.15) is 0 Å². The Morgan fingerprint density at radius 2 is 2.25 bits per heavy atom. The second kappa shape index (κ2) is 6.15. The highest BCUT2D eigenvalue weighted by atomic mass is 79.9. The fourth-order valence-corrected chi connectivity index (χ4v) is 3.21. The fourth-order valence-electron chi connectivity index (χ4n) is 1.68. The maximum atomic E-state index is 9.37. The monoisotopic (exact) mass is 305 g/mol. The third kappa shape index (κ3) is 4.17. The molecule has 0 aliphatic heterocycles. The molecule has 0 saturated carbocycles. The first-order valence-electron chi connectivity index (χ1n) is 5.51. The Hall–Kier alpha value is 0.1000. The number of aliphatic hydroxyl groups is 1. The van der Waals surface area contributed by atoms with E-state index in [-0.39, 0.29) is 12.0 Å². The third-order valence-corrected chi connectivity index (χ3v) is 4.62. The molecule has 1 heterocycles. The molecule has 1 aromatic heterocycles. The molecule has 1 rings (SSSR count). The smallest absolute Gasteiger partial charge is 0.0496 e. The van der Waals surface area contributed by atoms with E-state index >= 15 is 0 Å². The van der Waals surface area contributed by atoms with Gasteiger partial charge in [0.15, 0.2) is 0 Å². The van der Waals surface area contributed by atoms with E-state index in [2.05, 4.69) is 53.2 Å². The van der Waals surface area contributed by atoms with E-state index in [9.17, 15) is 5.11 Å². The molecule has 1 unspecified atom stereocenters. The van der Waals surface area contributed by atoms with Crippen molar-refractivity contribution < 1.29 is 5.11 Å². The first kappa shape index (κ1) is 14.2. The van der Waals surface area contributed by atoms with Gasteiger partial charge in [0.2, 0.25) is 0 Å². The zero-order valence-electron chi connectivity index (χ0n) is 10.2. The van der Waals surface area contributed by atoms with Gasteiger partial charge in [-0.05, 0) is 35.5 Å². The Morgan fingerprint density at radius 1 is 1.56 bits per heavy atom. The lowest BCUT2D eigenvalue weighted by atomic mass is 9.88. The summed E-state index contributed by atoms with van der Waals surface area (Å²) in [6, 6.07) is 2.16. The van der Waals surface area contributed by atoms with Crippen LogP contribution in [0.1, 0.15) is 25.1 Å². The van der Waals surface area contributed by atoms with Crippen molar-refractivity contribution >= 4 is 27.3 Å². The lowest BCUT2D eigenvalue weighted by Crippen LogP contribution is -2.35. The minimum Gasteiger partial charge on any atom is -0.396 e. The van der Waals surface area contributed by atoms with Crippen molar-refractivity contribution in [3.8, 4) is 0 Å². The van der Waals surface area contributed by atoms with E-state index in [1.54, 1.807) is 11.3 Å². The van der Waals surface area contributed by atoms with Gasteiger partial charge in [0.05, 0.1) is 0 Å². The molecule has 0 aromatic carbocycles. The van der Waals surface area contributed by atoms with Crippen LogP contribution in [0, 0.1) is 5.41 Å². The van der Waals surface area contributed by atoms with Gasteiger partial charge in [0.1, 0.15) is 0 Å². The number of hydrogen-bond acceptors (Lipinski definition) is 3. The summed E-state index contributed by atoms with van der Waals surface area (Å²) >= 11 is 5.23. The number of nitrogens with zero attached hydrogens (tertiary/aromatic N) is 1. The highest BCUT2D eigenvalue weighted by molar-refractivity contribution is 9.10. The van der Waals surface area contributed by atoms with Gasteiger partial charge in [-0.3, -0.25) is 0 Å². The van der Waals surface area contributed by atoms with Crippen LogP contribution in [0.2, 0.25) is 0 Å². The summed E-state index contributed by atoms with van der Waals surface area (Å²) in [6.07, 6.45) is 1.00. The highest BCUT2D eigenvalue weighted by Gasteiger charge is 2.23. The van der Waals surface area contributed by atoms with Crippen LogP contribution in [-0.4, -0.2) is 30.2 Å². The molecule has 1 N–H and O–H groups in total. The summed E-state index contributed by atoms with van der Waals surface area (Å²) in [6.45, 7) is 6.39. The minimum absolute atomic E-state index is 0.0171. The molecule has 2 nitrogen and oxygen atoms in total. The molecule has 0 aliphatic rings. The Balaban J connectivity index is 2.50. The maximum Gasteiger partial charge on any atom is 0.0496 e. The van der Waals surface area contributed by atoms with Gasteiger partial charge in [-0.1, -0.05) is 13.8 Å². The first-order valence-corrected chi connectivity index (χ1v) is 7.18. The van der Waals surface area contributed by atoms with E-state index in [1.807, 2.05) is 0 Å². The molecule has 0 bridgehead atoms. The zero-order valence-corrected chi connectivity index (χ0v) is 12.6. The SMILES string of the molecule is CCC(C)(CO)CN(C)Cc1cc(Br)cs1. The zero-order chi connectivity index (χ0) is 12.2. The molecule has 1 aromatic rings. The van der Waals surface area contributed by atoms with Gasteiger partial charge >= 0.3 is 0 Å². The van der Waals surface area contributed by atoms with Gasteiger partial charge in [-0.15, -0.1) is 11.3 Å². The second-order valence-corrected chi connectivity index (χ2v) is 6.64. The van der Waals surface area contributed by atoms with Crippen LogP contribution < -0.4 is 0 Å². The summed E-state index contributed by atoms with van der Waals surface area (Å²) in [5, 5.41) is 11.5. The van der Waals surface area contributed by atoms with Crippen LogP contribution in [0.3, 0.4) is 0 Å². The van der Waals surface area contributed by atoms with Crippen molar-refractivity contribution in [2.24, 2.45) is 5.41 Å². The number of rotatable bonds is 6. The predicted molar refractivity (Wildman–Crippen MR) is 73.8 cm³/mol. The van der Waals surface area contributed by atoms with Crippen molar-refractivity contribution in [1.29, 1.82) is 0 Å². The largest absolute Gasteiger partial charge is 0.396 e. The molecule has 0 aliphatic carbocycles. The first-order chi connectivity index (χ1) is 7.49. The Bertz CT molecular complexity index is 323. The van der Waals surface area contributed by atoms with Crippen LogP contribution in [-0.2, 0) is 6.54 Å². The standard InChI is InChI=1S/C12H20BrNOS/c1-4-12(2,9-15)8-14(3)6-11-5-10(13)7-16-11/h5,7,15H,4,6,8-9H2,1-3H3. The van der Waals surface area contributed by atoms with Crippen molar-refractivity contribution in [3.63, 3.8) is 0 Å². The van der Waals surface area contributed by atoms with E-state index < -0.39 is 0 Å². The molecular weight excluding hydrogens is 286 g/mol. The second-order valence-electron chi connectivity index (χ2n) is 4.73. The summed E-state index contributed by atoms with van der Waals surface area (Å²) in [7, 11) is 2.11. The normalized spacial score (nSPS) is 15.4. The Kier molecular flexibility index (Phi) is 5.44. The predicted octanol–water partition coefficient (Wildman–Crippen LogP) is 3.35. The van der Waals surface area contributed by atoms with E-state index in [1.165, 1.54) is 4.88 Å². The minimum atomic E-state index is 0.0171. The summed E-state index contributed by atoms with van der Waals surface area (Å²) < 4.78 is 1.15. The molecule has 0 fully saturated rings. The summed E-state index contributed by atoms with van der Waals surface area (Å²) in [4.78, 5) is 3.63. The van der Waals surface area contributed by atoms with Gasteiger partial charge < -0.3 is 10.0 Å². The molecular formula is C12H20BrNOS. The van der Waals surface area contributed by atoms with E-state index in [0.29, 0.717) is 0 Å². The van der Waals surface area contributed by atoms with Crippen molar-refractivity contribution in [1.82, 2.24) is 4.90 Å². The van der Waals surface area contributed by atoms with Crippen molar-refractivity contribution in [2.75, 3.05) is 20.2 Å². The summed E-state index contributed by atoms with van der Waals surface area (Å²) in [5.41, 5.74) is 0.0171. The van der Waals surface area contributed by atoms with Crippen LogP contribution in [0.15, 0.2) is 15.9 Å². The van der Waals surface area contributed by atoms with Crippen molar-refractivity contribution in [3.05, 3.63) is 20.8 Å². The molecule has 0 radical (unpaired) electrons. The average Bonchev–Trinajstić information content (AvgIpc) is 2.63. The Labute approximate surface area is 110 Å². The van der Waals surface area contributed by atoms with Gasteiger partial charge in [-0.25, -0.2) is 0 Å². The van der Waals surface area contributed by atoms with Gasteiger partial charge in [0.25, 0.3) is 0 Å². The quantitative estimate of drug-likeness (QED) is 0.871. The highest BCUT2D eigenvalue weighted by Crippen LogP contribution is 2.24. The fraction of sp³-hybridized carbons (Fsp3) is 0.667. The third-order valence-electron chi connectivity index (χ3n) is 2.93.